The van der Waals surface area contributed by atoms with Crippen molar-refractivity contribution in [3.63, 3.8) is 0 Å². The lowest BCUT2D eigenvalue weighted by Crippen LogP contribution is -2.21. The Morgan fingerprint density at radius 1 is 1.10 bits per heavy atom. The molecule has 112 valence electrons. The van der Waals surface area contributed by atoms with Crippen molar-refractivity contribution >= 4 is 0 Å². The summed E-state index contributed by atoms with van der Waals surface area (Å²) in [6.07, 6.45) is 1.58. The summed E-state index contributed by atoms with van der Waals surface area (Å²) in [5, 5.41) is 3.24. The molecule has 6 heteroatoms. The first kappa shape index (κ1) is 15.2. The summed E-state index contributed by atoms with van der Waals surface area (Å²) in [5.41, 5.74) is 3.68. The molecule has 0 radical (unpaired) electrons. The van der Waals surface area contributed by atoms with Crippen LogP contribution < -0.4 is 14.8 Å². The molecule has 0 aliphatic heterocycles. The molecule has 0 aromatic carbocycles. The van der Waals surface area contributed by atoms with Gasteiger partial charge in [-0.05, 0) is 32.5 Å². The first-order valence-corrected chi connectivity index (χ1v) is 6.67. The van der Waals surface area contributed by atoms with Crippen LogP contribution in [0.15, 0.2) is 18.3 Å². The molecule has 0 saturated heterocycles. The molecule has 6 nitrogen and oxygen atoms in total. The molecule has 1 unspecified atom stereocenters. The van der Waals surface area contributed by atoms with Gasteiger partial charge in [0.05, 0.1) is 26.5 Å². The van der Waals surface area contributed by atoms with Crippen LogP contribution in [0.3, 0.4) is 0 Å². The normalized spacial score (nSPS) is 12.0. The molecule has 0 saturated carbocycles. The van der Waals surface area contributed by atoms with Crippen molar-refractivity contribution in [1.29, 1.82) is 0 Å². The standard InChI is InChI=1S/C15H20N4O2/c1-9-6-7-11(10(2)18-9)13(16-3)14-15(21-5)19-12(20-4)8-17-14/h6-8,13,16H,1-5H3. The summed E-state index contributed by atoms with van der Waals surface area (Å²) >= 11 is 0. The van der Waals surface area contributed by atoms with Crippen LogP contribution >= 0.6 is 0 Å². The molecule has 0 amide bonds. The second-order valence-electron chi connectivity index (χ2n) is 4.66. The lowest BCUT2D eigenvalue weighted by Gasteiger charge is -2.20. The molecule has 0 aliphatic carbocycles. The highest BCUT2D eigenvalue weighted by atomic mass is 16.5. The molecule has 2 rings (SSSR count). The van der Waals surface area contributed by atoms with Crippen molar-refractivity contribution in [3.05, 3.63) is 41.0 Å². The largest absolute Gasteiger partial charge is 0.480 e. The van der Waals surface area contributed by atoms with Gasteiger partial charge in [-0.15, -0.1) is 0 Å². The Morgan fingerprint density at radius 3 is 2.43 bits per heavy atom. The molecule has 1 N–H and O–H groups in total. The van der Waals surface area contributed by atoms with Gasteiger partial charge in [0.15, 0.2) is 0 Å². The zero-order chi connectivity index (χ0) is 15.4. The zero-order valence-corrected chi connectivity index (χ0v) is 13.0. The molecular weight excluding hydrogens is 268 g/mol. The smallest absolute Gasteiger partial charge is 0.240 e. The Bertz CT molecular complexity index is 631. The first-order valence-electron chi connectivity index (χ1n) is 6.67. The maximum absolute atomic E-state index is 5.34. The summed E-state index contributed by atoms with van der Waals surface area (Å²) < 4.78 is 10.4. The van der Waals surface area contributed by atoms with E-state index in [2.05, 4.69) is 20.3 Å². The predicted molar refractivity (Wildman–Crippen MR) is 79.7 cm³/mol. The maximum Gasteiger partial charge on any atom is 0.240 e. The third-order valence-corrected chi connectivity index (χ3v) is 3.29. The Labute approximate surface area is 124 Å². The molecule has 21 heavy (non-hydrogen) atoms. The SMILES string of the molecule is CNC(c1ccc(C)nc1C)c1ncc(OC)nc1OC. The van der Waals surface area contributed by atoms with Gasteiger partial charge in [0.2, 0.25) is 11.8 Å². The van der Waals surface area contributed by atoms with Crippen LogP contribution in [-0.2, 0) is 0 Å². The number of hydrogen-bond donors (Lipinski definition) is 1. The lowest BCUT2D eigenvalue weighted by molar-refractivity contribution is 0.353. The topological polar surface area (TPSA) is 69.2 Å². The maximum atomic E-state index is 5.34. The van der Waals surface area contributed by atoms with Crippen molar-refractivity contribution in [3.8, 4) is 11.8 Å². The summed E-state index contributed by atoms with van der Waals surface area (Å²) in [6, 6.07) is 3.88. The molecule has 0 fully saturated rings. The van der Waals surface area contributed by atoms with E-state index >= 15 is 0 Å². The number of nitrogens with zero attached hydrogens (tertiary/aromatic N) is 3. The average molecular weight is 288 g/mol. The number of aryl methyl sites for hydroxylation is 2. The fourth-order valence-electron chi connectivity index (χ4n) is 2.25. The third kappa shape index (κ3) is 3.11. The van der Waals surface area contributed by atoms with Crippen LogP contribution in [0.1, 0.15) is 28.7 Å². The highest BCUT2D eigenvalue weighted by Crippen LogP contribution is 2.29. The van der Waals surface area contributed by atoms with Crippen molar-refractivity contribution in [2.75, 3.05) is 21.3 Å². The quantitative estimate of drug-likeness (QED) is 0.905. The van der Waals surface area contributed by atoms with Gasteiger partial charge in [-0.1, -0.05) is 6.07 Å². The molecule has 0 bridgehead atoms. The fraction of sp³-hybridized carbons (Fsp3) is 0.400. The van der Waals surface area contributed by atoms with E-state index in [1.54, 1.807) is 20.4 Å². The van der Waals surface area contributed by atoms with Gasteiger partial charge in [0.1, 0.15) is 5.69 Å². The van der Waals surface area contributed by atoms with E-state index in [1.807, 2.05) is 33.0 Å². The van der Waals surface area contributed by atoms with Gasteiger partial charge < -0.3 is 14.8 Å². The predicted octanol–water partition coefficient (Wildman–Crippen LogP) is 1.81. The van der Waals surface area contributed by atoms with E-state index in [9.17, 15) is 0 Å². The second kappa shape index (κ2) is 6.49. The number of ether oxygens (including phenoxy) is 2. The molecule has 2 aromatic rings. The monoisotopic (exact) mass is 288 g/mol. The number of aromatic nitrogens is 3. The van der Waals surface area contributed by atoms with Crippen LogP contribution in [0.4, 0.5) is 0 Å². The van der Waals surface area contributed by atoms with E-state index < -0.39 is 0 Å². The minimum absolute atomic E-state index is 0.147. The minimum Gasteiger partial charge on any atom is -0.480 e. The zero-order valence-electron chi connectivity index (χ0n) is 13.0. The number of methoxy groups -OCH3 is 2. The van der Waals surface area contributed by atoms with Gasteiger partial charge in [0.25, 0.3) is 0 Å². The Hall–Kier alpha value is -2.21. The van der Waals surface area contributed by atoms with Crippen LogP contribution in [0.25, 0.3) is 0 Å². The first-order chi connectivity index (χ1) is 10.1. The minimum atomic E-state index is -0.147. The molecule has 1 atom stereocenters. The van der Waals surface area contributed by atoms with E-state index in [0.29, 0.717) is 17.5 Å². The van der Waals surface area contributed by atoms with E-state index in [4.69, 9.17) is 9.47 Å². The molecule has 0 spiro atoms. The Kier molecular flexibility index (Phi) is 4.70. The lowest BCUT2D eigenvalue weighted by atomic mass is 10.0. The van der Waals surface area contributed by atoms with Crippen LogP contribution in [0.2, 0.25) is 0 Å². The number of rotatable bonds is 5. The van der Waals surface area contributed by atoms with Crippen molar-refractivity contribution < 1.29 is 9.47 Å². The van der Waals surface area contributed by atoms with Crippen molar-refractivity contribution in [2.24, 2.45) is 0 Å². The Morgan fingerprint density at radius 2 is 1.86 bits per heavy atom. The van der Waals surface area contributed by atoms with Crippen LogP contribution in [-0.4, -0.2) is 36.2 Å². The molecule has 2 aromatic heterocycles. The van der Waals surface area contributed by atoms with E-state index in [1.165, 1.54) is 0 Å². The van der Waals surface area contributed by atoms with Gasteiger partial charge in [-0.2, -0.15) is 4.98 Å². The van der Waals surface area contributed by atoms with Gasteiger partial charge in [-0.3, -0.25) is 4.98 Å². The van der Waals surface area contributed by atoms with E-state index in [-0.39, 0.29) is 6.04 Å². The number of hydrogen-bond acceptors (Lipinski definition) is 6. The highest BCUT2D eigenvalue weighted by molar-refractivity contribution is 5.36. The van der Waals surface area contributed by atoms with Crippen molar-refractivity contribution in [1.82, 2.24) is 20.3 Å². The fourth-order valence-corrected chi connectivity index (χ4v) is 2.25. The average Bonchev–Trinajstić information content (AvgIpc) is 2.50. The third-order valence-electron chi connectivity index (χ3n) is 3.29. The summed E-state index contributed by atoms with van der Waals surface area (Å²) in [4.78, 5) is 13.2. The van der Waals surface area contributed by atoms with Crippen LogP contribution in [0, 0.1) is 13.8 Å². The van der Waals surface area contributed by atoms with Gasteiger partial charge >= 0.3 is 0 Å². The van der Waals surface area contributed by atoms with Crippen LogP contribution in [0.5, 0.6) is 11.8 Å². The second-order valence-corrected chi connectivity index (χ2v) is 4.66. The number of nitrogens with one attached hydrogen (secondary N) is 1. The summed E-state index contributed by atoms with van der Waals surface area (Å²) in [7, 11) is 4.99. The Balaban J connectivity index is 2.50. The van der Waals surface area contributed by atoms with E-state index in [0.717, 1.165) is 17.0 Å². The molecule has 0 aliphatic rings. The summed E-state index contributed by atoms with van der Waals surface area (Å²) in [5.74, 6) is 0.859. The van der Waals surface area contributed by atoms with Gasteiger partial charge in [0, 0.05) is 11.4 Å². The summed E-state index contributed by atoms with van der Waals surface area (Å²) in [6.45, 7) is 3.95. The number of pyridine rings is 1. The van der Waals surface area contributed by atoms with Gasteiger partial charge in [-0.25, -0.2) is 4.98 Å². The highest BCUT2D eigenvalue weighted by Gasteiger charge is 2.22. The molecular formula is C15H20N4O2. The molecule has 2 heterocycles. The van der Waals surface area contributed by atoms with Crippen molar-refractivity contribution in [2.45, 2.75) is 19.9 Å².